The average Bonchev–Trinajstić information content (AvgIpc) is 3.35. The van der Waals surface area contributed by atoms with E-state index in [0.29, 0.717) is 24.0 Å². The second-order valence-corrected chi connectivity index (χ2v) is 8.07. The van der Waals surface area contributed by atoms with E-state index in [4.69, 9.17) is 0 Å². The summed E-state index contributed by atoms with van der Waals surface area (Å²) in [6, 6.07) is 5.88. The molecule has 1 saturated carbocycles. The van der Waals surface area contributed by atoms with Crippen LogP contribution in [0.15, 0.2) is 24.5 Å². The van der Waals surface area contributed by atoms with Gasteiger partial charge < -0.3 is 14.4 Å². The molecule has 1 aromatic heterocycles. The number of likely N-dealkylation sites (tertiary alicyclic amines) is 2. The number of carbonyl (C=O) groups excluding carboxylic acids is 1. The van der Waals surface area contributed by atoms with E-state index >= 15 is 0 Å². The van der Waals surface area contributed by atoms with E-state index in [9.17, 15) is 4.79 Å². The van der Waals surface area contributed by atoms with Crippen molar-refractivity contribution in [1.29, 1.82) is 0 Å². The molecular formula is C20H31N3O. The van der Waals surface area contributed by atoms with Gasteiger partial charge in [-0.25, -0.2) is 0 Å². The van der Waals surface area contributed by atoms with Crippen LogP contribution in [0.5, 0.6) is 0 Å². The Hall–Kier alpha value is -1.29. The maximum Gasteiger partial charge on any atom is 0.225 e. The second-order valence-electron chi connectivity index (χ2n) is 8.07. The van der Waals surface area contributed by atoms with Crippen LogP contribution < -0.4 is 0 Å². The standard InChI is InChI=1S/C20H31N3O/c1-21-12-4-6-18(21)19-7-5-15-23(19)20(24)16-8-10-17(11-9-16)22-13-2-3-14-22/h2-3,13-14,16-19H,4-12,15H2,1H3/t16?,17?,18-,19-/m0/s1. The Morgan fingerprint density at radius 2 is 1.54 bits per heavy atom. The van der Waals surface area contributed by atoms with Gasteiger partial charge in [-0.05, 0) is 77.1 Å². The molecule has 3 aliphatic rings. The summed E-state index contributed by atoms with van der Waals surface area (Å²) in [5.41, 5.74) is 0. The van der Waals surface area contributed by atoms with Gasteiger partial charge in [-0.1, -0.05) is 0 Å². The first-order valence-corrected chi connectivity index (χ1v) is 9.87. The van der Waals surface area contributed by atoms with Crippen molar-refractivity contribution in [1.82, 2.24) is 14.4 Å². The van der Waals surface area contributed by atoms with E-state index in [1.54, 1.807) is 0 Å². The van der Waals surface area contributed by atoms with Crippen molar-refractivity contribution in [3.8, 4) is 0 Å². The van der Waals surface area contributed by atoms with Gasteiger partial charge in [-0.15, -0.1) is 0 Å². The molecule has 0 bridgehead atoms. The Morgan fingerprint density at radius 1 is 0.875 bits per heavy atom. The average molecular weight is 329 g/mol. The molecule has 3 fully saturated rings. The van der Waals surface area contributed by atoms with Gasteiger partial charge >= 0.3 is 0 Å². The summed E-state index contributed by atoms with van der Waals surface area (Å²) in [5.74, 6) is 0.730. The minimum absolute atomic E-state index is 0.268. The minimum atomic E-state index is 0.268. The van der Waals surface area contributed by atoms with E-state index in [-0.39, 0.29) is 5.92 Å². The van der Waals surface area contributed by atoms with Crippen LogP contribution in [0.4, 0.5) is 0 Å². The molecule has 132 valence electrons. The van der Waals surface area contributed by atoms with Gasteiger partial charge in [0, 0.05) is 43.0 Å². The van der Waals surface area contributed by atoms with E-state index in [1.165, 1.54) is 32.2 Å². The van der Waals surface area contributed by atoms with Crippen LogP contribution in [-0.4, -0.2) is 52.5 Å². The quantitative estimate of drug-likeness (QED) is 0.851. The van der Waals surface area contributed by atoms with Gasteiger partial charge in [0.2, 0.25) is 5.91 Å². The molecular weight excluding hydrogens is 298 g/mol. The summed E-state index contributed by atoms with van der Waals surface area (Å²) in [7, 11) is 2.24. The van der Waals surface area contributed by atoms with E-state index in [1.807, 2.05) is 0 Å². The summed E-state index contributed by atoms with van der Waals surface area (Å²) in [6.45, 7) is 2.19. The number of hydrogen-bond acceptors (Lipinski definition) is 2. The first-order chi connectivity index (χ1) is 11.7. The van der Waals surface area contributed by atoms with Crippen LogP contribution in [0, 0.1) is 5.92 Å². The van der Waals surface area contributed by atoms with Gasteiger partial charge in [0.25, 0.3) is 0 Å². The number of amides is 1. The Balaban J connectivity index is 1.37. The number of rotatable bonds is 3. The molecule has 4 heteroatoms. The lowest BCUT2D eigenvalue weighted by atomic mass is 9.84. The van der Waals surface area contributed by atoms with Crippen LogP contribution in [-0.2, 0) is 4.79 Å². The third-order valence-electron chi connectivity index (χ3n) is 6.70. The Bertz CT molecular complexity index is 547. The van der Waals surface area contributed by atoms with Gasteiger partial charge in [0.05, 0.1) is 0 Å². The smallest absolute Gasteiger partial charge is 0.225 e. The first-order valence-electron chi connectivity index (χ1n) is 9.87. The maximum atomic E-state index is 13.2. The highest BCUT2D eigenvalue weighted by Crippen LogP contribution is 2.36. The highest BCUT2D eigenvalue weighted by atomic mass is 16.2. The largest absolute Gasteiger partial charge is 0.351 e. The summed E-state index contributed by atoms with van der Waals surface area (Å²) < 4.78 is 2.33. The molecule has 2 atom stereocenters. The zero-order valence-corrected chi connectivity index (χ0v) is 14.9. The predicted octanol–water partition coefficient (Wildman–Crippen LogP) is 3.30. The summed E-state index contributed by atoms with van der Waals surface area (Å²) in [6.07, 6.45) is 13.7. The van der Waals surface area contributed by atoms with Crippen molar-refractivity contribution in [2.75, 3.05) is 20.1 Å². The lowest BCUT2D eigenvalue weighted by Gasteiger charge is -2.37. The highest BCUT2D eigenvalue weighted by molar-refractivity contribution is 5.79. The molecule has 0 N–H and O–H groups in total. The highest BCUT2D eigenvalue weighted by Gasteiger charge is 2.40. The summed E-state index contributed by atoms with van der Waals surface area (Å²) in [5, 5.41) is 0. The van der Waals surface area contributed by atoms with E-state index in [0.717, 1.165) is 32.2 Å². The molecule has 3 heterocycles. The van der Waals surface area contributed by atoms with Crippen LogP contribution in [0.3, 0.4) is 0 Å². The fourth-order valence-corrected chi connectivity index (χ4v) is 5.34. The van der Waals surface area contributed by atoms with Crippen molar-refractivity contribution < 1.29 is 4.79 Å². The van der Waals surface area contributed by atoms with E-state index in [2.05, 4.69) is 45.9 Å². The topological polar surface area (TPSA) is 28.5 Å². The molecule has 2 saturated heterocycles. The third-order valence-corrected chi connectivity index (χ3v) is 6.70. The monoisotopic (exact) mass is 329 g/mol. The van der Waals surface area contributed by atoms with Crippen molar-refractivity contribution in [3.63, 3.8) is 0 Å². The maximum absolute atomic E-state index is 13.2. The van der Waals surface area contributed by atoms with Gasteiger partial charge in [-0.2, -0.15) is 0 Å². The van der Waals surface area contributed by atoms with Crippen molar-refractivity contribution in [3.05, 3.63) is 24.5 Å². The van der Waals surface area contributed by atoms with Crippen LogP contribution in [0.1, 0.15) is 57.4 Å². The number of nitrogens with zero attached hydrogens (tertiary/aromatic N) is 3. The molecule has 0 aromatic carbocycles. The molecule has 4 rings (SSSR count). The summed E-state index contributed by atoms with van der Waals surface area (Å²) in [4.78, 5) is 17.9. The normalized spacial score (nSPS) is 34.8. The molecule has 1 aliphatic carbocycles. The van der Waals surface area contributed by atoms with Gasteiger partial charge in [0.15, 0.2) is 0 Å². The number of aromatic nitrogens is 1. The van der Waals surface area contributed by atoms with Crippen LogP contribution >= 0.6 is 0 Å². The Labute approximate surface area is 145 Å². The molecule has 1 aromatic rings. The number of carbonyl (C=O) groups is 1. The minimum Gasteiger partial charge on any atom is -0.351 e. The molecule has 0 radical (unpaired) electrons. The molecule has 2 aliphatic heterocycles. The van der Waals surface area contributed by atoms with Crippen molar-refractivity contribution >= 4 is 5.91 Å². The Kier molecular flexibility index (Phi) is 4.66. The van der Waals surface area contributed by atoms with Crippen molar-refractivity contribution in [2.45, 2.75) is 69.5 Å². The van der Waals surface area contributed by atoms with Crippen LogP contribution in [0.25, 0.3) is 0 Å². The number of likely N-dealkylation sites (N-methyl/N-ethyl adjacent to an activating group) is 1. The fraction of sp³-hybridized carbons (Fsp3) is 0.750. The van der Waals surface area contributed by atoms with Crippen molar-refractivity contribution in [2.24, 2.45) is 5.92 Å². The molecule has 1 amide bonds. The molecule has 24 heavy (non-hydrogen) atoms. The molecule has 0 spiro atoms. The van der Waals surface area contributed by atoms with Gasteiger partial charge in [-0.3, -0.25) is 4.79 Å². The van der Waals surface area contributed by atoms with E-state index < -0.39 is 0 Å². The van der Waals surface area contributed by atoms with Crippen LogP contribution in [0.2, 0.25) is 0 Å². The number of hydrogen-bond donors (Lipinski definition) is 0. The Morgan fingerprint density at radius 3 is 2.21 bits per heavy atom. The first kappa shape index (κ1) is 16.2. The lowest BCUT2D eigenvalue weighted by Crippen LogP contribution is -2.49. The lowest BCUT2D eigenvalue weighted by molar-refractivity contribution is -0.138. The van der Waals surface area contributed by atoms with Gasteiger partial charge in [0.1, 0.15) is 0 Å². The third kappa shape index (κ3) is 3.01. The zero-order chi connectivity index (χ0) is 16.5. The fourth-order valence-electron chi connectivity index (χ4n) is 5.34. The predicted molar refractivity (Wildman–Crippen MR) is 95.8 cm³/mol. The zero-order valence-electron chi connectivity index (χ0n) is 14.9. The second kappa shape index (κ2) is 6.91. The molecule has 0 unspecified atom stereocenters. The molecule has 4 nitrogen and oxygen atoms in total. The SMILES string of the molecule is CN1CCC[C@H]1[C@@H]1CCCN1C(=O)C1CCC(n2cccc2)CC1. The summed E-state index contributed by atoms with van der Waals surface area (Å²) >= 11 is 0.